The Bertz CT molecular complexity index is 363. The molecular formula is C10H15N3O2. The molecule has 0 radical (unpaired) electrons. The molecule has 0 aliphatic heterocycles. The molecule has 1 heterocycles. The van der Waals surface area contributed by atoms with E-state index in [9.17, 15) is 4.79 Å². The predicted octanol–water partition coefficient (Wildman–Crippen LogP) is 0.795. The standard InChI is InChI=1S/C10H15N3O2/c1-4-10(2,11)8(14)7-9(15-3)13-6-5-12-7/h5-6H,4,11H2,1-3H3. The zero-order valence-electron chi connectivity index (χ0n) is 9.15. The maximum atomic E-state index is 12.0. The molecular weight excluding hydrogens is 194 g/mol. The largest absolute Gasteiger partial charge is 0.479 e. The van der Waals surface area contributed by atoms with Gasteiger partial charge in [0.2, 0.25) is 11.7 Å². The second kappa shape index (κ2) is 4.35. The molecule has 1 atom stereocenters. The second-order valence-corrected chi connectivity index (χ2v) is 3.51. The normalized spacial score (nSPS) is 14.4. The summed E-state index contributed by atoms with van der Waals surface area (Å²) < 4.78 is 4.96. The summed E-state index contributed by atoms with van der Waals surface area (Å²) in [6, 6.07) is 0. The minimum atomic E-state index is -0.927. The number of carbonyl (C=O) groups is 1. The molecule has 1 unspecified atom stereocenters. The maximum Gasteiger partial charge on any atom is 0.243 e. The number of carbonyl (C=O) groups excluding carboxylic acids is 1. The van der Waals surface area contributed by atoms with Gasteiger partial charge in [0.25, 0.3) is 0 Å². The van der Waals surface area contributed by atoms with Crippen LogP contribution in [0.15, 0.2) is 12.4 Å². The van der Waals surface area contributed by atoms with Crippen LogP contribution in [0.3, 0.4) is 0 Å². The molecule has 5 heteroatoms. The van der Waals surface area contributed by atoms with Crippen molar-refractivity contribution >= 4 is 5.78 Å². The van der Waals surface area contributed by atoms with Crippen molar-refractivity contribution in [3.05, 3.63) is 18.1 Å². The SMILES string of the molecule is CCC(C)(N)C(=O)c1nccnc1OC. The molecule has 0 fully saturated rings. The minimum absolute atomic E-state index is 0.187. The average Bonchev–Trinajstić information content (AvgIpc) is 2.28. The summed E-state index contributed by atoms with van der Waals surface area (Å²) in [6.07, 6.45) is 3.45. The first-order valence-corrected chi connectivity index (χ1v) is 4.71. The number of ketones is 1. The van der Waals surface area contributed by atoms with E-state index in [-0.39, 0.29) is 17.4 Å². The van der Waals surface area contributed by atoms with Gasteiger partial charge < -0.3 is 10.5 Å². The van der Waals surface area contributed by atoms with E-state index in [1.807, 2.05) is 6.92 Å². The number of nitrogens with zero attached hydrogens (tertiary/aromatic N) is 2. The third kappa shape index (κ3) is 2.30. The summed E-state index contributed by atoms with van der Waals surface area (Å²) in [6.45, 7) is 3.52. The van der Waals surface area contributed by atoms with Crippen molar-refractivity contribution in [3.8, 4) is 5.88 Å². The molecule has 15 heavy (non-hydrogen) atoms. The third-order valence-corrected chi connectivity index (χ3v) is 2.33. The molecule has 1 rings (SSSR count). The molecule has 0 spiro atoms. The molecule has 0 aliphatic rings. The first-order valence-electron chi connectivity index (χ1n) is 4.71. The van der Waals surface area contributed by atoms with Crippen LogP contribution in [0.1, 0.15) is 30.8 Å². The fraction of sp³-hybridized carbons (Fsp3) is 0.500. The van der Waals surface area contributed by atoms with Crippen molar-refractivity contribution in [3.63, 3.8) is 0 Å². The number of rotatable bonds is 4. The van der Waals surface area contributed by atoms with Gasteiger partial charge in [0.05, 0.1) is 12.6 Å². The van der Waals surface area contributed by atoms with E-state index < -0.39 is 5.54 Å². The van der Waals surface area contributed by atoms with Crippen molar-refractivity contribution < 1.29 is 9.53 Å². The van der Waals surface area contributed by atoms with Crippen LogP contribution in [-0.4, -0.2) is 28.4 Å². The molecule has 0 saturated carbocycles. The monoisotopic (exact) mass is 209 g/mol. The van der Waals surface area contributed by atoms with Gasteiger partial charge in [-0.25, -0.2) is 9.97 Å². The zero-order chi connectivity index (χ0) is 11.5. The summed E-state index contributed by atoms with van der Waals surface area (Å²) in [7, 11) is 1.45. The first kappa shape index (κ1) is 11.6. The molecule has 82 valence electrons. The van der Waals surface area contributed by atoms with Crippen LogP contribution < -0.4 is 10.5 Å². The smallest absolute Gasteiger partial charge is 0.243 e. The van der Waals surface area contributed by atoms with E-state index in [1.54, 1.807) is 6.92 Å². The number of aromatic nitrogens is 2. The van der Waals surface area contributed by atoms with Crippen LogP contribution in [0.4, 0.5) is 0 Å². The summed E-state index contributed by atoms with van der Waals surface area (Å²) in [5, 5.41) is 0. The zero-order valence-corrected chi connectivity index (χ0v) is 9.15. The predicted molar refractivity (Wildman–Crippen MR) is 55.8 cm³/mol. The number of Topliss-reactive ketones (excluding diaryl/α,β-unsaturated/α-hetero) is 1. The Kier molecular flexibility index (Phi) is 3.36. The van der Waals surface area contributed by atoms with Crippen LogP contribution in [-0.2, 0) is 0 Å². The highest BCUT2D eigenvalue weighted by Crippen LogP contribution is 2.18. The molecule has 2 N–H and O–H groups in total. The molecule has 0 saturated heterocycles. The van der Waals surface area contributed by atoms with Gasteiger partial charge in [-0.1, -0.05) is 6.92 Å². The number of nitrogens with two attached hydrogens (primary N) is 1. The Labute approximate surface area is 88.7 Å². The van der Waals surface area contributed by atoms with Gasteiger partial charge in [-0.2, -0.15) is 0 Å². The number of methoxy groups -OCH3 is 1. The molecule has 5 nitrogen and oxygen atoms in total. The van der Waals surface area contributed by atoms with Crippen LogP contribution in [0.2, 0.25) is 0 Å². The Morgan fingerprint density at radius 3 is 2.67 bits per heavy atom. The highest BCUT2D eigenvalue weighted by Gasteiger charge is 2.31. The number of hydrogen-bond donors (Lipinski definition) is 1. The lowest BCUT2D eigenvalue weighted by molar-refractivity contribution is 0.0888. The van der Waals surface area contributed by atoms with E-state index in [1.165, 1.54) is 19.5 Å². The van der Waals surface area contributed by atoms with Gasteiger partial charge in [0.1, 0.15) is 0 Å². The van der Waals surface area contributed by atoms with Crippen LogP contribution >= 0.6 is 0 Å². The van der Waals surface area contributed by atoms with E-state index in [2.05, 4.69) is 9.97 Å². The van der Waals surface area contributed by atoms with Gasteiger partial charge in [-0.15, -0.1) is 0 Å². The molecule has 1 aromatic heterocycles. The Morgan fingerprint density at radius 2 is 2.13 bits per heavy atom. The summed E-state index contributed by atoms with van der Waals surface area (Å²) in [4.78, 5) is 19.8. The van der Waals surface area contributed by atoms with Crippen molar-refractivity contribution in [2.45, 2.75) is 25.8 Å². The maximum absolute atomic E-state index is 12.0. The summed E-state index contributed by atoms with van der Waals surface area (Å²) >= 11 is 0. The molecule has 0 aromatic carbocycles. The minimum Gasteiger partial charge on any atom is -0.479 e. The van der Waals surface area contributed by atoms with E-state index in [0.29, 0.717) is 6.42 Å². The van der Waals surface area contributed by atoms with Gasteiger partial charge in [-0.3, -0.25) is 4.79 Å². The topological polar surface area (TPSA) is 78.1 Å². The summed E-state index contributed by atoms with van der Waals surface area (Å²) in [5.74, 6) is -0.0393. The Hall–Kier alpha value is -1.49. The highest BCUT2D eigenvalue weighted by atomic mass is 16.5. The van der Waals surface area contributed by atoms with Crippen LogP contribution in [0, 0.1) is 0 Å². The van der Waals surface area contributed by atoms with Crippen molar-refractivity contribution in [1.82, 2.24) is 9.97 Å². The second-order valence-electron chi connectivity index (χ2n) is 3.51. The molecule has 0 aliphatic carbocycles. The lowest BCUT2D eigenvalue weighted by Crippen LogP contribution is -2.44. The number of ether oxygens (including phenoxy) is 1. The fourth-order valence-corrected chi connectivity index (χ4v) is 1.06. The summed E-state index contributed by atoms with van der Waals surface area (Å²) in [5.41, 5.74) is 5.10. The quantitative estimate of drug-likeness (QED) is 0.742. The van der Waals surface area contributed by atoms with Gasteiger partial charge in [0, 0.05) is 12.4 Å². The van der Waals surface area contributed by atoms with Crippen LogP contribution in [0.25, 0.3) is 0 Å². The fourth-order valence-electron chi connectivity index (χ4n) is 1.06. The van der Waals surface area contributed by atoms with Gasteiger partial charge >= 0.3 is 0 Å². The lowest BCUT2D eigenvalue weighted by Gasteiger charge is -2.20. The van der Waals surface area contributed by atoms with E-state index in [0.717, 1.165) is 0 Å². The van der Waals surface area contributed by atoms with Gasteiger partial charge in [-0.05, 0) is 13.3 Å². The van der Waals surface area contributed by atoms with E-state index in [4.69, 9.17) is 10.5 Å². The molecule has 0 bridgehead atoms. The molecule has 1 aromatic rings. The van der Waals surface area contributed by atoms with Crippen LogP contribution in [0.5, 0.6) is 5.88 Å². The van der Waals surface area contributed by atoms with Crippen molar-refractivity contribution in [2.75, 3.05) is 7.11 Å². The number of hydrogen-bond acceptors (Lipinski definition) is 5. The lowest BCUT2D eigenvalue weighted by atomic mass is 9.92. The van der Waals surface area contributed by atoms with Crippen molar-refractivity contribution in [1.29, 1.82) is 0 Å². The Morgan fingerprint density at radius 1 is 1.53 bits per heavy atom. The average molecular weight is 209 g/mol. The van der Waals surface area contributed by atoms with Gasteiger partial charge in [0.15, 0.2) is 5.69 Å². The van der Waals surface area contributed by atoms with Crippen molar-refractivity contribution in [2.24, 2.45) is 5.73 Å². The first-order chi connectivity index (χ1) is 7.03. The van der Waals surface area contributed by atoms with E-state index >= 15 is 0 Å². The molecule has 0 amide bonds. The third-order valence-electron chi connectivity index (χ3n) is 2.33. The highest BCUT2D eigenvalue weighted by molar-refractivity contribution is 6.02. The Balaban J connectivity index is 3.11.